The second-order valence-electron chi connectivity index (χ2n) is 6.57. The highest BCUT2D eigenvalue weighted by Crippen LogP contribution is 2.34. The molecule has 8 heteroatoms. The Balaban J connectivity index is 1.55. The highest BCUT2D eigenvalue weighted by molar-refractivity contribution is 7.99. The third kappa shape index (κ3) is 3.73. The molecule has 0 fully saturated rings. The molecule has 1 aromatic carbocycles. The van der Waals surface area contributed by atoms with Crippen molar-refractivity contribution in [2.75, 3.05) is 5.75 Å². The molecule has 0 bridgehead atoms. The predicted molar refractivity (Wildman–Crippen MR) is 107 cm³/mol. The smallest absolute Gasteiger partial charge is 0.253 e. The molecule has 2 aromatic heterocycles. The summed E-state index contributed by atoms with van der Waals surface area (Å²) in [6.45, 7) is 4.83. The lowest BCUT2D eigenvalue weighted by Gasteiger charge is -2.19. The van der Waals surface area contributed by atoms with Crippen molar-refractivity contribution in [1.82, 2.24) is 19.8 Å². The second-order valence-corrected chi connectivity index (χ2v) is 7.52. The van der Waals surface area contributed by atoms with Gasteiger partial charge in [0.2, 0.25) is 0 Å². The van der Waals surface area contributed by atoms with Crippen LogP contribution >= 0.6 is 11.8 Å². The molecule has 3 heterocycles. The van der Waals surface area contributed by atoms with Gasteiger partial charge in [-0.15, -0.1) is 10.2 Å². The van der Waals surface area contributed by atoms with Crippen LogP contribution in [0.4, 0.5) is 0 Å². The molecule has 0 N–H and O–H groups in total. The molecule has 0 saturated heterocycles. The number of carbonyl (C=O) groups excluding carboxylic acids is 1. The first-order chi connectivity index (χ1) is 13.7. The number of rotatable bonds is 6. The standard InChI is InChI=1S/C20H21N5O2S/c1-3-24-13-21-22-20(24)28-12-19(26)25-17(18-5-4-10-27-18)11-16(23-25)15-8-6-14(2)7-9-15/h4-10,13,17H,3,11-12H2,1-2H3/t17-/m1/s1. The number of aromatic nitrogens is 3. The fourth-order valence-electron chi connectivity index (χ4n) is 3.13. The molecule has 7 nitrogen and oxygen atoms in total. The van der Waals surface area contributed by atoms with Gasteiger partial charge in [-0.3, -0.25) is 4.79 Å². The molecular formula is C20H21N5O2S. The number of thioether (sulfide) groups is 1. The van der Waals surface area contributed by atoms with Crippen LogP contribution in [0.25, 0.3) is 0 Å². The van der Waals surface area contributed by atoms with Crippen molar-refractivity contribution >= 4 is 23.4 Å². The number of hydrogen-bond donors (Lipinski definition) is 0. The Morgan fingerprint density at radius 1 is 1.29 bits per heavy atom. The lowest BCUT2D eigenvalue weighted by molar-refractivity contribution is -0.130. The maximum Gasteiger partial charge on any atom is 0.253 e. The van der Waals surface area contributed by atoms with Crippen LogP contribution < -0.4 is 0 Å². The van der Waals surface area contributed by atoms with Crippen LogP contribution in [0.15, 0.2) is 63.7 Å². The lowest BCUT2D eigenvalue weighted by Crippen LogP contribution is -2.28. The molecule has 1 amide bonds. The first kappa shape index (κ1) is 18.5. The lowest BCUT2D eigenvalue weighted by atomic mass is 10.0. The first-order valence-electron chi connectivity index (χ1n) is 9.16. The summed E-state index contributed by atoms with van der Waals surface area (Å²) in [5, 5.41) is 14.9. The molecule has 1 aliphatic heterocycles. The van der Waals surface area contributed by atoms with Crippen LogP contribution in [0.1, 0.15) is 36.3 Å². The van der Waals surface area contributed by atoms with E-state index >= 15 is 0 Å². The normalized spacial score (nSPS) is 16.4. The van der Waals surface area contributed by atoms with Crippen LogP contribution in [0, 0.1) is 6.92 Å². The molecule has 3 aromatic rings. The van der Waals surface area contributed by atoms with E-state index < -0.39 is 0 Å². The van der Waals surface area contributed by atoms with Gasteiger partial charge in [-0.1, -0.05) is 41.6 Å². The minimum absolute atomic E-state index is 0.0841. The highest BCUT2D eigenvalue weighted by atomic mass is 32.2. The largest absolute Gasteiger partial charge is 0.467 e. The zero-order valence-corrected chi connectivity index (χ0v) is 16.6. The first-order valence-corrected chi connectivity index (χ1v) is 10.1. The van der Waals surface area contributed by atoms with E-state index in [4.69, 9.17) is 4.42 Å². The maximum absolute atomic E-state index is 13.0. The number of aryl methyl sites for hydroxylation is 2. The number of furan rings is 1. The zero-order chi connectivity index (χ0) is 19.5. The quantitative estimate of drug-likeness (QED) is 0.595. The van der Waals surface area contributed by atoms with Crippen LogP contribution in [0.3, 0.4) is 0 Å². The molecule has 144 valence electrons. The van der Waals surface area contributed by atoms with E-state index in [1.807, 2.05) is 42.7 Å². The number of amides is 1. The third-order valence-electron chi connectivity index (χ3n) is 4.67. The van der Waals surface area contributed by atoms with Crippen molar-refractivity contribution in [1.29, 1.82) is 0 Å². The third-order valence-corrected chi connectivity index (χ3v) is 5.63. The number of benzene rings is 1. The number of hydrazone groups is 1. The summed E-state index contributed by atoms with van der Waals surface area (Å²) in [7, 11) is 0. The monoisotopic (exact) mass is 395 g/mol. The molecule has 0 spiro atoms. The van der Waals surface area contributed by atoms with Gasteiger partial charge in [0.05, 0.1) is 17.7 Å². The Labute approximate surface area is 167 Å². The van der Waals surface area contributed by atoms with E-state index in [2.05, 4.69) is 27.4 Å². The summed E-state index contributed by atoms with van der Waals surface area (Å²) < 4.78 is 7.50. The van der Waals surface area contributed by atoms with Gasteiger partial charge in [0.15, 0.2) is 5.16 Å². The minimum atomic E-state index is -0.233. The summed E-state index contributed by atoms with van der Waals surface area (Å²) in [5.41, 5.74) is 3.10. The number of nitrogens with zero attached hydrogens (tertiary/aromatic N) is 5. The Morgan fingerprint density at radius 3 is 2.82 bits per heavy atom. The van der Waals surface area contributed by atoms with Gasteiger partial charge < -0.3 is 8.98 Å². The van der Waals surface area contributed by atoms with E-state index in [-0.39, 0.29) is 17.7 Å². The summed E-state index contributed by atoms with van der Waals surface area (Å²) in [5.74, 6) is 0.890. The SMILES string of the molecule is CCn1cnnc1SCC(=O)N1N=C(c2ccc(C)cc2)C[C@@H]1c1ccco1. The Morgan fingerprint density at radius 2 is 2.11 bits per heavy atom. The van der Waals surface area contributed by atoms with Crippen LogP contribution in [-0.4, -0.2) is 37.1 Å². The van der Waals surface area contributed by atoms with Gasteiger partial charge in [-0.25, -0.2) is 5.01 Å². The van der Waals surface area contributed by atoms with Crippen molar-refractivity contribution in [2.24, 2.45) is 5.10 Å². The summed E-state index contributed by atoms with van der Waals surface area (Å²) >= 11 is 1.37. The van der Waals surface area contributed by atoms with Gasteiger partial charge in [0, 0.05) is 13.0 Å². The Hall–Kier alpha value is -2.87. The molecule has 28 heavy (non-hydrogen) atoms. The highest BCUT2D eigenvalue weighted by Gasteiger charge is 2.34. The molecule has 0 aliphatic carbocycles. The van der Waals surface area contributed by atoms with Gasteiger partial charge >= 0.3 is 0 Å². The van der Waals surface area contributed by atoms with E-state index in [0.29, 0.717) is 6.42 Å². The van der Waals surface area contributed by atoms with Gasteiger partial charge in [0.25, 0.3) is 5.91 Å². The van der Waals surface area contributed by atoms with E-state index in [9.17, 15) is 4.79 Å². The van der Waals surface area contributed by atoms with Crippen molar-refractivity contribution in [3.8, 4) is 0 Å². The molecule has 0 saturated carbocycles. The molecular weight excluding hydrogens is 374 g/mol. The van der Waals surface area contributed by atoms with Crippen LogP contribution in [0.5, 0.6) is 0 Å². The fraction of sp³-hybridized carbons (Fsp3) is 0.300. The second kappa shape index (κ2) is 8.02. The van der Waals surface area contributed by atoms with Gasteiger partial charge in [0.1, 0.15) is 18.1 Å². The Bertz CT molecular complexity index is 978. The molecule has 0 radical (unpaired) electrons. The number of carbonyl (C=O) groups is 1. The van der Waals surface area contributed by atoms with Crippen molar-refractivity contribution in [3.63, 3.8) is 0 Å². The minimum Gasteiger partial charge on any atom is -0.467 e. The van der Waals surface area contributed by atoms with E-state index in [0.717, 1.165) is 28.7 Å². The van der Waals surface area contributed by atoms with E-state index in [1.54, 1.807) is 17.6 Å². The zero-order valence-electron chi connectivity index (χ0n) is 15.8. The van der Waals surface area contributed by atoms with Gasteiger partial charge in [-0.05, 0) is 31.5 Å². The summed E-state index contributed by atoms with van der Waals surface area (Å²) in [6.07, 6.45) is 3.92. The predicted octanol–water partition coefficient (Wildman–Crippen LogP) is 3.67. The molecule has 1 atom stereocenters. The molecule has 4 rings (SSSR count). The van der Waals surface area contributed by atoms with E-state index in [1.165, 1.54) is 17.3 Å². The van der Waals surface area contributed by atoms with Crippen LogP contribution in [-0.2, 0) is 11.3 Å². The average Bonchev–Trinajstić information content (AvgIpc) is 3.46. The van der Waals surface area contributed by atoms with Crippen molar-refractivity contribution in [3.05, 3.63) is 65.9 Å². The fourth-order valence-corrected chi connectivity index (χ4v) is 3.96. The maximum atomic E-state index is 13.0. The molecule has 1 aliphatic rings. The van der Waals surface area contributed by atoms with Crippen molar-refractivity contribution in [2.45, 2.75) is 38.0 Å². The summed E-state index contributed by atoms with van der Waals surface area (Å²) in [6, 6.07) is 11.7. The van der Waals surface area contributed by atoms with Crippen molar-refractivity contribution < 1.29 is 9.21 Å². The topological polar surface area (TPSA) is 76.5 Å². The number of hydrogen-bond acceptors (Lipinski definition) is 6. The average molecular weight is 395 g/mol. The van der Waals surface area contributed by atoms with Gasteiger partial charge in [-0.2, -0.15) is 5.10 Å². The van der Waals surface area contributed by atoms with Crippen LogP contribution in [0.2, 0.25) is 0 Å². The molecule has 0 unspecified atom stereocenters. The Kier molecular flexibility index (Phi) is 5.29. The summed E-state index contributed by atoms with van der Waals surface area (Å²) in [4.78, 5) is 13.0.